The van der Waals surface area contributed by atoms with E-state index in [1.165, 1.54) is 5.56 Å². The van der Waals surface area contributed by atoms with E-state index >= 15 is 0 Å². The molecule has 0 aliphatic heterocycles. The fourth-order valence-electron chi connectivity index (χ4n) is 1.99. The van der Waals surface area contributed by atoms with Gasteiger partial charge in [0.2, 0.25) is 0 Å². The lowest BCUT2D eigenvalue weighted by Gasteiger charge is -2.24. The predicted molar refractivity (Wildman–Crippen MR) is 75.3 cm³/mol. The third-order valence-electron chi connectivity index (χ3n) is 3.25. The van der Waals surface area contributed by atoms with Crippen molar-refractivity contribution in [2.24, 2.45) is 5.41 Å². The fraction of sp³-hybridized carbons (Fsp3) is 0.533. The Bertz CT molecular complexity index is 436. The molecule has 3 heteroatoms. The topological polar surface area (TPSA) is 40.5 Å². The van der Waals surface area contributed by atoms with E-state index in [-0.39, 0.29) is 0 Å². The van der Waals surface area contributed by atoms with Crippen molar-refractivity contribution in [3.8, 4) is 0 Å². The highest BCUT2D eigenvalue weighted by Gasteiger charge is 2.28. The molecule has 0 heterocycles. The molecule has 0 aliphatic carbocycles. The van der Waals surface area contributed by atoms with Crippen LogP contribution in [-0.2, 0) is 17.6 Å². The molecule has 0 spiro atoms. The van der Waals surface area contributed by atoms with Gasteiger partial charge >= 0.3 is 5.97 Å². The zero-order valence-electron chi connectivity index (χ0n) is 11.9. The molecule has 1 aromatic carbocycles. The zero-order valence-corrected chi connectivity index (χ0v) is 11.9. The first-order valence-electron chi connectivity index (χ1n) is 6.30. The Hall–Kier alpha value is -1.51. The maximum Gasteiger partial charge on any atom is 0.309 e. The number of hydrogen-bond donors (Lipinski definition) is 1. The average molecular weight is 249 g/mol. The van der Waals surface area contributed by atoms with Crippen LogP contribution in [0.4, 0.5) is 5.69 Å². The predicted octanol–water partition coefficient (Wildman–Crippen LogP) is 2.97. The maximum atomic E-state index is 11.2. The molecule has 18 heavy (non-hydrogen) atoms. The Kier molecular flexibility index (Phi) is 4.38. The minimum absolute atomic E-state index is 0.545. The molecular weight excluding hydrogens is 226 g/mol. The smallest absolute Gasteiger partial charge is 0.309 e. The van der Waals surface area contributed by atoms with Gasteiger partial charge in [0.05, 0.1) is 5.41 Å². The van der Waals surface area contributed by atoms with Crippen molar-refractivity contribution in [1.29, 1.82) is 0 Å². The van der Waals surface area contributed by atoms with Crippen LogP contribution in [0.25, 0.3) is 0 Å². The summed E-state index contributed by atoms with van der Waals surface area (Å²) in [5.41, 5.74) is 2.71. The summed E-state index contributed by atoms with van der Waals surface area (Å²) in [6.07, 6.45) is 1.51. The first-order valence-corrected chi connectivity index (χ1v) is 6.30. The number of aliphatic carboxylic acids is 1. The van der Waals surface area contributed by atoms with Crippen LogP contribution in [0.5, 0.6) is 0 Å². The molecule has 0 saturated heterocycles. The number of rotatable bonds is 5. The van der Waals surface area contributed by atoms with Crippen LogP contribution in [0.15, 0.2) is 18.2 Å². The number of nitrogens with zero attached hydrogens (tertiary/aromatic N) is 1. The van der Waals surface area contributed by atoms with Gasteiger partial charge in [0.15, 0.2) is 0 Å². The molecule has 0 amide bonds. The molecule has 0 radical (unpaired) electrons. The summed E-state index contributed by atoms with van der Waals surface area (Å²) in [7, 11) is 3.97. The molecule has 1 rings (SSSR count). The summed E-state index contributed by atoms with van der Waals surface area (Å²) >= 11 is 0. The Morgan fingerprint density at radius 1 is 1.33 bits per heavy atom. The monoisotopic (exact) mass is 249 g/mol. The van der Waals surface area contributed by atoms with Crippen LogP contribution in [0.2, 0.25) is 0 Å². The van der Waals surface area contributed by atoms with Gasteiger partial charge in [-0.1, -0.05) is 19.1 Å². The van der Waals surface area contributed by atoms with Crippen molar-refractivity contribution in [2.45, 2.75) is 33.6 Å². The highest BCUT2D eigenvalue weighted by molar-refractivity contribution is 5.74. The second-order valence-corrected chi connectivity index (χ2v) is 5.58. The van der Waals surface area contributed by atoms with Crippen LogP contribution in [0.1, 0.15) is 31.9 Å². The lowest BCUT2D eigenvalue weighted by atomic mass is 9.84. The normalized spacial score (nSPS) is 11.4. The largest absolute Gasteiger partial charge is 0.481 e. The molecule has 1 aromatic rings. The minimum Gasteiger partial charge on any atom is -0.481 e. The minimum atomic E-state index is -0.755. The Morgan fingerprint density at radius 2 is 1.94 bits per heavy atom. The fourth-order valence-corrected chi connectivity index (χ4v) is 1.99. The quantitative estimate of drug-likeness (QED) is 0.872. The molecule has 3 nitrogen and oxygen atoms in total. The van der Waals surface area contributed by atoms with Crippen molar-refractivity contribution < 1.29 is 9.90 Å². The first-order chi connectivity index (χ1) is 8.27. The van der Waals surface area contributed by atoms with Gasteiger partial charge in [-0.15, -0.1) is 0 Å². The van der Waals surface area contributed by atoms with Gasteiger partial charge in [-0.05, 0) is 43.9 Å². The lowest BCUT2D eigenvalue weighted by Crippen LogP contribution is -2.27. The van der Waals surface area contributed by atoms with Gasteiger partial charge < -0.3 is 10.0 Å². The molecule has 0 aromatic heterocycles. The highest BCUT2D eigenvalue weighted by atomic mass is 16.4. The van der Waals surface area contributed by atoms with E-state index in [0.29, 0.717) is 6.42 Å². The molecular formula is C15H23NO2. The van der Waals surface area contributed by atoms with Gasteiger partial charge in [0, 0.05) is 19.8 Å². The molecule has 0 atom stereocenters. The number of carbonyl (C=O) groups is 1. The van der Waals surface area contributed by atoms with E-state index < -0.39 is 11.4 Å². The molecule has 1 N–H and O–H groups in total. The number of anilines is 1. The molecule has 0 saturated carbocycles. The van der Waals surface area contributed by atoms with Gasteiger partial charge in [-0.25, -0.2) is 0 Å². The number of hydrogen-bond acceptors (Lipinski definition) is 2. The summed E-state index contributed by atoms with van der Waals surface area (Å²) in [5.74, 6) is -0.755. The third kappa shape index (κ3) is 3.25. The van der Waals surface area contributed by atoms with Gasteiger partial charge in [0.1, 0.15) is 0 Å². The Morgan fingerprint density at radius 3 is 2.39 bits per heavy atom. The van der Waals surface area contributed by atoms with Crippen molar-refractivity contribution >= 4 is 11.7 Å². The van der Waals surface area contributed by atoms with Gasteiger partial charge in [-0.3, -0.25) is 4.79 Å². The van der Waals surface area contributed by atoms with Crippen LogP contribution in [0.3, 0.4) is 0 Å². The summed E-state index contributed by atoms with van der Waals surface area (Å²) in [5, 5.41) is 9.24. The van der Waals surface area contributed by atoms with Crippen molar-refractivity contribution in [2.75, 3.05) is 19.0 Å². The van der Waals surface area contributed by atoms with E-state index in [0.717, 1.165) is 17.7 Å². The second kappa shape index (κ2) is 5.42. The van der Waals surface area contributed by atoms with Crippen molar-refractivity contribution in [3.63, 3.8) is 0 Å². The van der Waals surface area contributed by atoms with Crippen LogP contribution in [0, 0.1) is 5.41 Å². The lowest BCUT2D eigenvalue weighted by molar-refractivity contribution is -0.146. The van der Waals surface area contributed by atoms with Crippen LogP contribution < -0.4 is 4.90 Å². The standard InChI is InChI=1S/C15H23NO2/c1-6-11-7-8-13(16(4)5)12(9-11)10-15(2,3)14(17)18/h7-9H,6,10H2,1-5H3,(H,17,18). The zero-order chi connectivity index (χ0) is 13.9. The van der Waals surface area contributed by atoms with E-state index in [1.54, 1.807) is 13.8 Å². The Labute approximate surface area is 109 Å². The Balaban J connectivity index is 3.16. The first kappa shape index (κ1) is 14.6. The van der Waals surface area contributed by atoms with Gasteiger partial charge in [-0.2, -0.15) is 0 Å². The van der Waals surface area contributed by atoms with E-state index in [9.17, 15) is 9.90 Å². The molecule has 0 bridgehead atoms. The highest BCUT2D eigenvalue weighted by Crippen LogP contribution is 2.29. The third-order valence-corrected chi connectivity index (χ3v) is 3.25. The van der Waals surface area contributed by atoms with Crippen LogP contribution >= 0.6 is 0 Å². The van der Waals surface area contributed by atoms with E-state index in [2.05, 4.69) is 25.1 Å². The number of carboxylic acids is 1. The summed E-state index contributed by atoms with van der Waals surface area (Å²) in [4.78, 5) is 13.3. The number of benzene rings is 1. The summed E-state index contributed by atoms with van der Waals surface area (Å²) < 4.78 is 0. The number of carboxylic acid groups (broad SMARTS) is 1. The molecule has 0 unspecified atom stereocenters. The summed E-state index contributed by atoms with van der Waals surface area (Å²) in [6.45, 7) is 5.65. The van der Waals surface area contributed by atoms with E-state index in [4.69, 9.17) is 0 Å². The molecule has 0 fully saturated rings. The average Bonchev–Trinajstić information content (AvgIpc) is 2.27. The van der Waals surface area contributed by atoms with Gasteiger partial charge in [0.25, 0.3) is 0 Å². The van der Waals surface area contributed by atoms with E-state index in [1.807, 2.05) is 19.0 Å². The second-order valence-electron chi connectivity index (χ2n) is 5.58. The maximum absolute atomic E-state index is 11.2. The number of aryl methyl sites for hydroxylation is 1. The SMILES string of the molecule is CCc1ccc(N(C)C)c(CC(C)(C)C(=O)O)c1. The van der Waals surface area contributed by atoms with Crippen LogP contribution in [-0.4, -0.2) is 25.2 Å². The van der Waals surface area contributed by atoms with Crippen molar-refractivity contribution in [3.05, 3.63) is 29.3 Å². The molecule has 100 valence electrons. The molecule has 0 aliphatic rings. The summed E-state index contributed by atoms with van der Waals surface area (Å²) in [6, 6.07) is 6.30. The van der Waals surface area contributed by atoms with Crippen molar-refractivity contribution in [1.82, 2.24) is 0 Å².